The molecular formula is C18H21N5. The van der Waals surface area contributed by atoms with Crippen LogP contribution in [0.15, 0.2) is 36.7 Å². The monoisotopic (exact) mass is 307 g/mol. The zero-order valence-corrected chi connectivity index (χ0v) is 13.7. The van der Waals surface area contributed by atoms with Crippen LogP contribution < -0.4 is 5.73 Å². The zero-order chi connectivity index (χ0) is 16.4. The molecule has 5 nitrogen and oxygen atoms in total. The second-order valence-electron chi connectivity index (χ2n) is 5.68. The van der Waals surface area contributed by atoms with E-state index in [0.29, 0.717) is 5.82 Å². The van der Waals surface area contributed by atoms with Gasteiger partial charge in [-0.1, -0.05) is 13.3 Å². The lowest BCUT2D eigenvalue weighted by molar-refractivity contribution is 0.818. The van der Waals surface area contributed by atoms with E-state index in [-0.39, 0.29) is 0 Å². The molecule has 0 bridgehead atoms. The molecule has 0 aliphatic heterocycles. The number of aryl methyl sites for hydroxylation is 2. The van der Waals surface area contributed by atoms with Gasteiger partial charge in [-0.15, -0.1) is 0 Å². The van der Waals surface area contributed by atoms with Gasteiger partial charge >= 0.3 is 0 Å². The Morgan fingerprint density at radius 2 is 1.96 bits per heavy atom. The predicted molar refractivity (Wildman–Crippen MR) is 92.5 cm³/mol. The van der Waals surface area contributed by atoms with Crippen LogP contribution in [0.4, 0.5) is 5.82 Å². The second-order valence-corrected chi connectivity index (χ2v) is 5.68. The molecule has 3 heterocycles. The Morgan fingerprint density at radius 1 is 1.13 bits per heavy atom. The highest BCUT2D eigenvalue weighted by molar-refractivity contribution is 5.69. The first-order valence-corrected chi connectivity index (χ1v) is 7.83. The molecule has 0 radical (unpaired) electrons. The Hall–Kier alpha value is -2.69. The fraction of sp³-hybridized carbons (Fsp3) is 0.278. The maximum atomic E-state index is 5.68. The highest BCUT2D eigenvalue weighted by Crippen LogP contribution is 2.28. The molecule has 0 aliphatic rings. The number of aromatic nitrogens is 4. The van der Waals surface area contributed by atoms with Crippen molar-refractivity contribution >= 4 is 5.82 Å². The van der Waals surface area contributed by atoms with Gasteiger partial charge in [0, 0.05) is 34.9 Å². The molecule has 3 aromatic rings. The van der Waals surface area contributed by atoms with Crippen LogP contribution in [0.2, 0.25) is 0 Å². The van der Waals surface area contributed by atoms with Crippen molar-refractivity contribution in [3.63, 3.8) is 0 Å². The van der Waals surface area contributed by atoms with E-state index in [1.165, 1.54) is 0 Å². The van der Waals surface area contributed by atoms with Gasteiger partial charge in [0.15, 0.2) is 0 Å². The van der Waals surface area contributed by atoms with Crippen molar-refractivity contribution in [1.82, 2.24) is 19.7 Å². The molecule has 118 valence electrons. The summed E-state index contributed by atoms with van der Waals surface area (Å²) >= 11 is 0. The average Bonchev–Trinajstić information content (AvgIpc) is 2.84. The number of hydrogen-bond acceptors (Lipinski definition) is 4. The Balaban J connectivity index is 2.07. The molecular weight excluding hydrogens is 286 g/mol. The molecule has 5 heteroatoms. The van der Waals surface area contributed by atoms with Gasteiger partial charge in [-0.2, -0.15) is 5.10 Å². The molecule has 0 saturated carbocycles. The molecule has 2 N–H and O–H groups in total. The smallest absolute Gasteiger partial charge is 0.123 e. The lowest BCUT2D eigenvalue weighted by atomic mass is 10.1. The van der Waals surface area contributed by atoms with Crippen molar-refractivity contribution < 1.29 is 0 Å². The highest BCUT2D eigenvalue weighted by Gasteiger charge is 2.15. The third-order valence-electron chi connectivity index (χ3n) is 3.92. The van der Waals surface area contributed by atoms with Gasteiger partial charge in [0.2, 0.25) is 0 Å². The Kier molecular flexibility index (Phi) is 4.10. The van der Waals surface area contributed by atoms with E-state index in [1.807, 2.05) is 36.0 Å². The average molecular weight is 307 g/mol. The van der Waals surface area contributed by atoms with E-state index < -0.39 is 0 Å². The molecule has 0 saturated heterocycles. The minimum Gasteiger partial charge on any atom is -0.384 e. The topological polar surface area (TPSA) is 69.6 Å². The third-order valence-corrected chi connectivity index (χ3v) is 3.92. The van der Waals surface area contributed by atoms with Gasteiger partial charge in [-0.3, -0.25) is 4.98 Å². The fourth-order valence-electron chi connectivity index (χ4n) is 2.86. The summed E-state index contributed by atoms with van der Waals surface area (Å²) in [5, 5.41) is 4.71. The molecule has 0 unspecified atom stereocenters. The van der Waals surface area contributed by atoms with Crippen molar-refractivity contribution in [2.24, 2.45) is 0 Å². The van der Waals surface area contributed by atoms with Crippen LogP contribution in [0.1, 0.15) is 30.4 Å². The molecule has 23 heavy (non-hydrogen) atoms. The Bertz CT molecular complexity index is 818. The van der Waals surface area contributed by atoms with Gasteiger partial charge in [0.05, 0.1) is 11.4 Å². The van der Waals surface area contributed by atoms with Crippen molar-refractivity contribution in [2.75, 3.05) is 5.73 Å². The van der Waals surface area contributed by atoms with Crippen molar-refractivity contribution in [1.29, 1.82) is 0 Å². The van der Waals surface area contributed by atoms with E-state index >= 15 is 0 Å². The van der Waals surface area contributed by atoms with E-state index in [4.69, 9.17) is 10.8 Å². The van der Waals surface area contributed by atoms with Crippen LogP contribution >= 0.6 is 0 Å². The first-order chi connectivity index (χ1) is 11.1. The predicted octanol–water partition coefficient (Wildman–Crippen LogP) is 3.48. The number of pyridine rings is 2. The minimum atomic E-state index is 0.523. The summed E-state index contributed by atoms with van der Waals surface area (Å²) in [6.45, 7) is 6.25. The van der Waals surface area contributed by atoms with Crippen LogP contribution in [0.5, 0.6) is 0 Å². The summed E-state index contributed by atoms with van der Waals surface area (Å²) in [6.07, 6.45) is 5.70. The number of nitrogens with zero attached hydrogens (tertiary/aromatic N) is 4. The number of anilines is 1. The summed E-state index contributed by atoms with van der Waals surface area (Å²) in [6, 6.07) is 7.90. The van der Waals surface area contributed by atoms with E-state index in [9.17, 15) is 0 Å². The summed E-state index contributed by atoms with van der Waals surface area (Å²) < 4.78 is 1.97. The van der Waals surface area contributed by atoms with Crippen molar-refractivity contribution in [3.05, 3.63) is 53.7 Å². The first kappa shape index (κ1) is 15.2. The normalized spacial score (nSPS) is 10.9. The molecule has 0 aromatic carbocycles. The van der Waals surface area contributed by atoms with E-state index in [2.05, 4.69) is 29.9 Å². The Labute approximate surface area is 136 Å². The van der Waals surface area contributed by atoms with Crippen LogP contribution in [0.3, 0.4) is 0 Å². The summed E-state index contributed by atoms with van der Waals surface area (Å²) in [4.78, 5) is 8.61. The van der Waals surface area contributed by atoms with Gasteiger partial charge in [0.1, 0.15) is 5.82 Å². The molecule has 3 rings (SSSR count). The molecule has 3 aromatic heterocycles. The molecule has 0 fully saturated rings. The highest BCUT2D eigenvalue weighted by atomic mass is 15.3. The molecule has 0 atom stereocenters. The largest absolute Gasteiger partial charge is 0.384 e. The maximum absolute atomic E-state index is 5.68. The molecule has 0 spiro atoms. The van der Waals surface area contributed by atoms with Crippen LogP contribution in [0, 0.1) is 13.8 Å². The molecule has 0 amide bonds. The van der Waals surface area contributed by atoms with Crippen LogP contribution in [-0.4, -0.2) is 19.7 Å². The van der Waals surface area contributed by atoms with Gasteiger partial charge in [-0.25, -0.2) is 9.67 Å². The maximum Gasteiger partial charge on any atom is 0.123 e. The summed E-state index contributed by atoms with van der Waals surface area (Å²) in [5.41, 5.74) is 12.0. The van der Waals surface area contributed by atoms with Gasteiger partial charge in [0.25, 0.3) is 0 Å². The van der Waals surface area contributed by atoms with E-state index in [0.717, 1.165) is 46.7 Å². The van der Waals surface area contributed by atoms with Crippen molar-refractivity contribution in [3.8, 4) is 16.8 Å². The second kappa shape index (κ2) is 6.20. The number of nitrogen functional groups attached to an aromatic ring is 1. The number of rotatable bonds is 4. The van der Waals surface area contributed by atoms with E-state index in [1.54, 1.807) is 6.20 Å². The zero-order valence-electron chi connectivity index (χ0n) is 13.7. The van der Waals surface area contributed by atoms with Crippen LogP contribution in [-0.2, 0) is 6.42 Å². The lowest BCUT2D eigenvalue weighted by Crippen LogP contribution is -2.01. The summed E-state index contributed by atoms with van der Waals surface area (Å²) in [7, 11) is 0. The first-order valence-electron chi connectivity index (χ1n) is 7.83. The standard InChI is InChI=1S/C18H21N5/c1-4-5-15-10-16(8-9-20-15)23-13(3)18(12(2)22-23)14-6-7-17(19)21-11-14/h6-11H,4-5H2,1-3H3,(H2,19,21). The SMILES string of the molecule is CCCc1cc(-n2nc(C)c(-c3ccc(N)nc3)c2C)ccn1. The lowest BCUT2D eigenvalue weighted by Gasteiger charge is -2.07. The Morgan fingerprint density at radius 3 is 2.65 bits per heavy atom. The number of hydrogen-bond donors (Lipinski definition) is 1. The quantitative estimate of drug-likeness (QED) is 0.801. The third kappa shape index (κ3) is 2.95. The number of nitrogens with two attached hydrogens (primary N) is 1. The summed E-state index contributed by atoms with van der Waals surface area (Å²) in [5.74, 6) is 0.523. The van der Waals surface area contributed by atoms with Gasteiger partial charge < -0.3 is 5.73 Å². The van der Waals surface area contributed by atoms with Gasteiger partial charge in [-0.05, 0) is 44.5 Å². The minimum absolute atomic E-state index is 0.523. The molecule has 0 aliphatic carbocycles. The van der Waals surface area contributed by atoms with Crippen molar-refractivity contribution in [2.45, 2.75) is 33.6 Å². The fourth-order valence-corrected chi connectivity index (χ4v) is 2.86. The van der Waals surface area contributed by atoms with Crippen LogP contribution in [0.25, 0.3) is 16.8 Å².